The Hall–Kier alpha value is -2.89. The van der Waals surface area contributed by atoms with Gasteiger partial charge >= 0.3 is 5.63 Å². The molecule has 0 radical (unpaired) electrons. The smallest absolute Gasteiger partial charge is 0.338 e. The third-order valence-electron chi connectivity index (χ3n) is 5.73. The highest BCUT2D eigenvalue weighted by molar-refractivity contribution is 6.31. The first-order valence-electron chi connectivity index (χ1n) is 10.2. The predicted octanol–water partition coefficient (Wildman–Crippen LogP) is 5.07. The summed E-state index contributed by atoms with van der Waals surface area (Å²) in [5.74, 6) is 0. The molecule has 0 saturated carbocycles. The van der Waals surface area contributed by atoms with Crippen LogP contribution in [0.25, 0.3) is 21.9 Å². The van der Waals surface area contributed by atoms with Crippen LogP contribution in [0.1, 0.15) is 18.4 Å². The van der Waals surface area contributed by atoms with Gasteiger partial charge in [0.05, 0.1) is 11.2 Å². The molecule has 2 aromatic heterocycles. The van der Waals surface area contributed by atoms with Crippen LogP contribution in [-0.4, -0.2) is 29.0 Å². The average molecular weight is 420 g/mol. The lowest BCUT2D eigenvalue weighted by Crippen LogP contribution is -2.38. The second-order valence-electron chi connectivity index (χ2n) is 7.84. The van der Waals surface area contributed by atoms with Crippen molar-refractivity contribution < 1.29 is 4.42 Å². The zero-order valence-corrected chi connectivity index (χ0v) is 17.2. The van der Waals surface area contributed by atoms with Gasteiger partial charge in [-0.3, -0.25) is 9.88 Å². The molecule has 3 heterocycles. The van der Waals surface area contributed by atoms with Crippen molar-refractivity contribution in [3.05, 3.63) is 81.8 Å². The number of benzene rings is 2. The summed E-state index contributed by atoms with van der Waals surface area (Å²) in [6.07, 6.45) is 3.85. The molecule has 1 aliphatic rings. The van der Waals surface area contributed by atoms with Crippen molar-refractivity contribution in [2.45, 2.75) is 25.4 Å². The average Bonchev–Trinajstić information content (AvgIpc) is 2.75. The summed E-state index contributed by atoms with van der Waals surface area (Å²) < 4.78 is 5.29. The second kappa shape index (κ2) is 8.09. The van der Waals surface area contributed by atoms with E-state index >= 15 is 0 Å². The number of anilines is 1. The number of fused-ring (bicyclic) bond motifs is 2. The van der Waals surface area contributed by atoms with E-state index < -0.39 is 0 Å². The van der Waals surface area contributed by atoms with E-state index in [9.17, 15) is 4.79 Å². The molecular weight excluding hydrogens is 398 g/mol. The fraction of sp³-hybridized carbons (Fsp3) is 0.250. The van der Waals surface area contributed by atoms with E-state index in [1.54, 1.807) is 12.1 Å². The summed E-state index contributed by atoms with van der Waals surface area (Å²) >= 11 is 6.15. The van der Waals surface area contributed by atoms with E-state index in [2.05, 4.69) is 39.5 Å². The number of aromatic nitrogens is 1. The van der Waals surface area contributed by atoms with Crippen LogP contribution < -0.4 is 10.9 Å². The molecule has 152 valence electrons. The predicted molar refractivity (Wildman–Crippen MR) is 121 cm³/mol. The van der Waals surface area contributed by atoms with E-state index in [1.165, 1.54) is 17.0 Å². The SMILES string of the molecule is O=c1cc(NC2CCN(Cc3ccc4ncccc4c3)CC2)c2cc(Cl)ccc2o1. The zero-order chi connectivity index (χ0) is 20.5. The zero-order valence-electron chi connectivity index (χ0n) is 16.5. The maximum atomic E-state index is 11.9. The van der Waals surface area contributed by atoms with Gasteiger partial charge in [0.1, 0.15) is 5.58 Å². The quantitative estimate of drug-likeness (QED) is 0.468. The molecule has 0 atom stereocenters. The number of rotatable bonds is 4. The van der Waals surface area contributed by atoms with Gasteiger partial charge in [-0.25, -0.2) is 4.79 Å². The van der Waals surface area contributed by atoms with E-state index in [-0.39, 0.29) is 5.63 Å². The Balaban J connectivity index is 1.25. The number of nitrogens with one attached hydrogen (secondary N) is 1. The molecule has 0 bridgehead atoms. The van der Waals surface area contributed by atoms with Crippen molar-refractivity contribution in [2.24, 2.45) is 0 Å². The first-order chi connectivity index (χ1) is 14.6. The summed E-state index contributed by atoms with van der Waals surface area (Å²) in [7, 11) is 0. The number of hydrogen-bond acceptors (Lipinski definition) is 5. The van der Waals surface area contributed by atoms with Crippen LogP contribution in [0.15, 0.2) is 70.0 Å². The van der Waals surface area contributed by atoms with Crippen LogP contribution in [0, 0.1) is 0 Å². The Bertz CT molecular complexity index is 1260. The largest absolute Gasteiger partial charge is 0.423 e. The third kappa shape index (κ3) is 4.04. The number of hydrogen-bond donors (Lipinski definition) is 1. The lowest BCUT2D eigenvalue weighted by atomic mass is 10.0. The van der Waals surface area contributed by atoms with Gasteiger partial charge < -0.3 is 9.73 Å². The second-order valence-corrected chi connectivity index (χ2v) is 8.28. The Kier molecular flexibility index (Phi) is 5.15. The molecule has 0 amide bonds. The van der Waals surface area contributed by atoms with Crippen molar-refractivity contribution in [3.63, 3.8) is 0 Å². The van der Waals surface area contributed by atoms with Crippen molar-refractivity contribution >= 4 is 39.2 Å². The van der Waals surface area contributed by atoms with Crippen molar-refractivity contribution in [1.29, 1.82) is 0 Å². The van der Waals surface area contributed by atoms with E-state index in [0.717, 1.165) is 49.1 Å². The summed E-state index contributed by atoms with van der Waals surface area (Å²) in [5.41, 5.74) is 3.34. The molecule has 1 aliphatic heterocycles. The van der Waals surface area contributed by atoms with Crippen LogP contribution in [0.4, 0.5) is 5.69 Å². The standard InChI is InChI=1S/C24H22ClN3O2/c25-18-4-6-23-20(13-18)22(14-24(29)30-23)27-19-7-10-28(11-8-19)15-16-3-5-21-17(12-16)2-1-9-26-21/h1-6,9,12-14,19,27H,7-8,10-11,15H2. The molecule has 1 N–H and O–H groups in total. The topological polar surface area (TPSA) is 58.4 Å². The van der Waals surface area contributed by atoms with E-state index in [4.69, 9.17) is 16.0 Å². The molecule has 1 fully saturated rings. The summed E-state index contributed by atoms with van der Waals surface area (Å²) in [4.78, 5) is 18.8. The Morgan fingerprint density at radius 2 is 1.97 bits per heavy atom. The minimum atomic E-state index is -0.351. The first kappa shape index (κ1) is 19.1. The molecular formula is C24H22ClN3O2. The Morgan fingerprint density at radius 1 is 1.10 bits per heavy atom. The molecule has 1 saturated heterocycles. The summed E-state index contributed by atoms with van der Waals surface area (Å²) in [5, 5.41) is 6.19. The number of halogens is 1. The van der Waals surface area contributed by atoms with Gasteiger partial charge in [0.25, 0.3) is 0 Å². The van der Waals surface area contributed by atoms with Gasteiger partial charge in [-0.15, -0.1) is 0 Å². The number of nitrogens with zero attached hydrogens (tertiary/aromatic N) is 2. The van der Waals surface area contributed by atoms with Gasteiger partial charge in [-0.05, 0) is 54.8 Å². The van der Waals surface area contributed by atoms with E-state index in [0.29, 0.717) is 16.6 Å². The first-order valence-corrected chi connectivity index (χ1v) is 10.6. The lowest BCUT2D eigenvalue weighted by Gasteiger charge is -2.33. The molecule has 2 aromatic carbocycles. The van der Waals surface area contributed by atoms with Gasteiger partial charge in [0.15, 0.2) is 0 Å². The highest BCUT2D eigenvalue weighted by atomic mass is 35.5. The molecule has 6 heteroatoms. The third-order valence-corrected chi connectivity index (χ3v) is 5.96. The van der Waals surface area contributed by atoms with Crippen LogP contribution in [0.3, 0.4) is 0 Å². The maximum Gasteiger partial charge on any atom is 0.338 e. The van der Waals surface area contributed by atoms with Crippen LogP contribution >= 0.6 is 11.6 Å². The molecule has 30 heavy (non-hydrogen) atoms. The summed E-state index contributed by atoms with van der Waals surface area (Å²) in [6.45, 7) is 2.94. The Labute approximate surface area is 179 Å². The number of pyridine rings is 1. The Morgan fingerprint density at radius 3 is 2.83 bits per heavy atom. The highest BCUT2D eigenvalue weighted by Crippen LogP contribution is 2.27. The molecule has 0 spiro atoms. The molecule has 5 nitrogen and oxygen atoms in total. The van der Waals surface area contributed by atoms with Crippen LogP contribution in [0.5, 0.6) is 0 Å². The number of likely N-dealkylation sites (tertiary alicyclic amines) is 1. The molecule has 0 unspecified atom stereocenters. The van der Waals surface area contributed by atoms with Crippen LogP contribution in [0.2, 0.25) is 5.02 Å². The van der Waals surface area contributed by atoms with Crippen molar-refractivity contribution in [1.82, 2.24) is 9.88 Å². The fourth-order valence-corrected chi connectivity index (χ4v) is 4.36. The van der Waals surface area contributed by atoms with Gasteiger partial charge in [-0.2, -0.15) is 0 Å². The highest BCUT2D eigenvalue weighted by Gasteiger charge is 2.20. The normalized spacial score (nSPS) is 15.6. The minimum Gasteiger partial charge on any atom is -0.423 e. The van der Waals surface area contributed by atoms with Gasteiger partial charge in [0, 0.05) is 53.7 Å². The van der Waals surface area contributed by atoms with Crippen molar-refractivity contribution in [2.75, 3.05) is 18.4 Å². The van der Waals surface area contributed by atoms with Crippen molar-refractivity contribution in [3.8, 4) is 0 Å². The summed E-state index contributed by atoms with van der Waals surface area (Å²) in [6, 6.07) is 17.7. The van der Waals surface area contributed by atoms with Gasteiger partial charge in [-0.1, -0.05) is 23.7 Å². The molecule has 4 aromatic rings. The molecule has 0 aliphatic carbocycles. The maximum absolute atomic E-state index is 11.9. The minimum absolute atomic E-state index is 0.311. The fourth-order valence-electron chi connectivity index (χ4n) is 4.19. The van der Waals surface area contributed by atoms with Crippen LogP contribution in [-0.2, 0) is 6.54 Å². The number of piperidine rings is 1. The van der Waals surface area contributed by atoms with Gasteiger partial charge in [0.2, 0.25) is 0 Å². The monoisotopic (exact) mass is 419 g/mol. The van der Waals surface area contributed by atoms with E-state index in [1.807, 2.05) is 18.3 Å². The molecule has 5 rings (SSSR count). The lowest BCUT2D eigenvalue weighted by molar-refractivity contribution is 0.211.